The van der Waals surface area contributed by atoms with Gasteiger partial charge in [0.1, 0.15) is 5.82 Å². The SMILES string of the molecule is CN(Cc1nsc(NC(=O)NCc2ccc(Cl)s2)n1)C(=O)c1cccnc1N1CCCC1. The van der Waals surface area contributed by atoms with Crippen molar-refractivity contribution in [3.63, 3.8) is 0 Å². The molecule has 32 heavy (non-hydrogen) atoms. The minimum absolute atomic E-state index is 0.142. The Balaban J connectivity index is 1.33. The largest absolute Gasteiger partial charge is 0.356 e. The zero-order valence-electron chi connectivity index (χ0n) is 17.4. The number of hydrogen-bond donors (Lipinski definition) is 2. The topological polar surface area (TPSA) is 103 Å². The predicted octanol–water partition coefficient (Wildman–Crippen LogP) is 3.84. The fourth-order valence-electron chi connectivity index (χ4n) is 3.36. The first-order valence-corrected chi connectivity index (χ1v) is 12.0. The van der Waals surface area contributed by atoms with E-state index in [0.717, 1.165) is 48.2 Å². The third-order valence-electron chi connectivity index (χ3n) is 4.89. The number of carbonyl (C=O) groups is 2. The van der Waals surface area contributed by atoms with Crippen molar-refractivity contribution in [2.75, 3.05) is 30.4 Å². The molecule has 0 atom stereocenters. The summed E-state index contributed by atoms with van der Waals surface area (Å²) in [4.78, 5) is 38.6. The van der Waals surface area contributed by atoms with Gasteiger partial charge in [-0.1, -0.05) is 11.6 Å². The van der Waals surface area contributed by atoms with Crippen LogP contribution >= 0.6 is 34.5 Å². The Morgan fingerprint density at radius 2 is 2.06 bits per heavy atom. The standard InChI is InChI=1S/C20H22ClN7O2S2/c1-27(18(29)14-5-4-8-22-17(14)28-9-2-3-10-28)12-16-24-20(32-26-16)25-19(30)23-11-13-6-7-15(21)31-13/h4-8H,2-3,9-12H2,1H3,(H2,23,24,25,26,30). The number of rotatable bonds is 7. The summed E-state index contributed by atoms with van der Waals surface area (Å²) in [7, 11) is 1.70. The maximum absolute atomic E-state index is 13.1. The maximum atomic E-state index is 13.1. The molecule has 0 aliphatic carbocycles. The van der Waals surface area contributed by atoms with E-state index in [2.05, 4.69) is 29.9 Å². The summed E-state index contributed by atoms with van der Waals surface area (Å²) in [5, 5.41) is 5.78. The molecule has 0 saturated carbocycles. The van der Waals surface area contributed by atoms with Crippen molar-refractivity contribution in [1.29, 1.82) is 0 Å². The first-order chi connectivity index (χ1) is 15.5. The lowest BCUT2D eigenvalue weighted by atomic mass is 10.2. The van der Waals surface area contributed by atoms with Gasteiger partial charge in [-0.15, -0.1) is 11.3 Å². The lowest BCUT2D eigenvalue weighted by molar-refractivity contribution is 0.0782. The molecule has 0 bridgehead atoms. The summed E-state index contributed by atoms with van der Waals surface area (Å²) in [6.45, 7) is 2.41. The van der Waals surface area contributed by atoms with E-state index in [9.17, 15) is 9.59 Å². The Hall–Kier alpha value is -2.76. The van der Waals surface area contributed by atoms with Gasteiger partial charge in [0, 0.05) is 42.7 Å². The predicted molar refractivity (Wildman–Crippen MR) is 127 cm³/mol. The van der Waals surface area contributed by atoms with E-state index in [1.54, 1.807) is 36.3 Å². The fourth-order valence-corrected chi connectivity index (χ4v) is 4.96. The average Bonchev–Trinajstić information content (AvgIpc) is 3.55. The van der Waals surface area contributed by atoms with E-state index in [1.165, 1.54) is 11.3 Å². The molecule has 0 spiro atoms. The number of carbonyl (C=O) groups excluding carboxylic acids is 2. The van der Waals surface area contributed by atoms with Crippen LogP contribution in [0.25, 0.3) is 0 Å². The minimum Gasteiger partial charge on any atom is -0.356 e. The molecule has 168 valence electrons. The number of nitrogens with one attached hydrogen (secondary N) is 2. The van der Waals surface area contributed by atoms with Gasteiger partial charge >= 0.3 is 6.03 Å². The van der Waals surface area contributed by atoms with E-state index in [-0.39, 0.29) is 18.5 Å². The van der Waals surface area contributed by atoms with Gasteiger partial charge in [0.05, 0.1) is 23.0 Å². The number of urea groups is 1. The summed E-state index contributed by atoms with van der Waals surface area (Å²) in [6.07, 6.45) is 3.92. The van der Waals surface area contributed by atoms with Gasteiger partial charge < -0.3 is 15.1 Å². The summed E-state index contributed by atoms with van der Waals surface area (Å²) in [5.74, 6) is 1.04. The van der Waals surface area contributed by atoms with Crippen molar-refractivity contribution in [1.82, 2.24) is 24.6 Å². The lowest BCUT2D eigenvalue weighted by Gasteiger charge is -2.22. The van der Waals surface area contributed by atoms with E-state index in [4.69, 9.17) is 11.6 Å². The Morgan fingerprint density at radius 3 is 2.81 bits per heavy atom. The van der Waals surface area contributed by atoms with Crippen molar-refractivity contribution >= 4 is 57.4 Å². The molecule has 0 radical (unpaired) electrons. The third kappa shape index (κ3) is 5.53. The maximum Gasteiger partial charge on any atom is 0.321 e. The van der Waals surface area contributed by atoms with Gasteiger partial charge in [-0.3, -0.25) is 10.1 Å². The molecule has 2 N–H and O–H groups in total. The molecule has 3 aromatic heterocycles. The van der Waals surface area contributed by atoms with Crippen molar-refractivity contribution in [2.24, 2.45) is 0 Å². The van der Waals surface area contributed by atoms with Crippen molar-refractivity contribution in [3.05, 3.63) is 51.1 Å². The molecule has 12 heteroatoms. The number of halogens is 1. The molecule has 9 nitrogen and oxygen atoms in total. The number of nitrogens with zero attached hydrogens (tertiary/aromatic N) is 5. The quantitative estimate of drug-likeness (QED) is 0.520. The molecular formula is C20H22ClN7O2S2. The second-order valence-corrected chi connectivity index (χ2v) is 9.81. The van der Waals surface area contributed by atoms with E-state index in [1.807, 2.05) is 6.07 Å². The van der Waals surface area contributed by atoms with Crippen molar-refractivity contribution in [2.45, 2.75) is 25.9 Å². The van der Waals surface area contributed by atoms with Crippen LogP contribution < -0.4 is 15.5 Å². The van der Waals surface area contributed by atoms with Crippen LogP contribution in [0.5, 0.6) is 0 Å². The normalized spacial score (nSPS) is 13.2. The Bertz CT molecular complexity index is 1100. The Kier molecular flexibility index (Phi) is 7.18. The molecule has 0 aromatic carbocycles. The highest BCUT2D eigenvalue weighted by molar-refractivity contribution is 7.16. The van der Waals surface area contributed by atoms with Crippen LogP contribution in [0.15, 0.2) is 30.5 Å². The number of hydrogen-bond acceptors (Lipinski definition) is 8. The second kappa shape index (κ2) is 10.2. The van der Waals surface area contributed by atoms with E-state index in [0.29, 0.717) is 27.4 Å². The Morgan fingerprint density at radius 1 is 1.25 bits per heavy atom. The van der Waals surface area contributed by atoms with Crippen LogP contribution in [-0.2, 0) is 13.1 Å². The van der Waals surface area contributed by atoms with Crippen molar-refractivity contribution < 1.29 is 9.59 Å². The first-order valence-electron chi connectivity index (χ1n) is 10.1. The van der Waals surface area contributed by atoms with Gasteiger partial charge in [-0.2, -0.15) is 4.37 Å². The zero-order valence-corrected chi connectivity index (χ0v) is 19.8. The molecule has 1 aliphatic heterocycles. The van der Waals surface area contributed by atoms with Crippen LogP contribution in [0.4, 0.5) is 15.7 Å². The Labute approximate surface area is 198 Å². The summed E-state index contributed by atoms with van der Waals surface area (Å²) < 4.78 is 4.93. The highest BCUT2D eigenvalue weighted by Gasteiger charge is 2.23. The van der Waals surface area contributed by atoms with Crippen LogP contribution in [0.1, 0.15) is 33.9 Å². The monoisotopic (exact) mass is 491 g/mol. The highest BCUT2D eigenvalue weighted by atomic mass is 35.5. The van der Waals surface area contributed by atoms with Crippen LogP contribution in [0.2, 0.25) is 4.34 Å². The molecule has 3 amide bonds. The van der Waals surface area contributed by atoms with Crippen LogP contribution in [0, 0.1) is 0 Å². The zero-order chi connectivity index (χ0) is 22.5. The number of amides is 3. The van der Waals surface area contributed by atoms with Gasteiger partial charge in [-0.05, 0) is 37.1 Å². The number of pyridine rings is 1. The number of anilines is 2. The molecule has 1 aliphatic rings. The van der Waals surface area contributed by atoms with Gasteiger partial charge in [0.15, 0.2) is 5.82 Å². The smallest absolute Gasteiger partial charge is 0.321 e. The van der Waals surface area contributed by atoms with Crippen LogP contribution in [-0.4, -0.2) is 51.3 Å². The summed E-state index contributed by atoms with van der Waals surface area (Å²) >= 11 is 8.37. The number of aromatic nitrogens is 3. The molecule has 4 heterocycles. The lowest BCUT2D eigenvalue weighted by Crippen LogP contribution is -2.30. The molecule has 3 aromatic rings. The molecule has 1 fully saturated rings. The van der Waals surface area contributed by atoms with Gasteiger partial charge in [0.2, 0.25) is 5.13 Å². The third-order valence-corrected chi connectivity index (χ3v) is 6.79. The van der Waals surface area contributed by atoms with E-state index < -0.39 is 0 Å². The minimum atomic E-state index is -0.382. The number of thiophene rings is 1. The molecular weight excluding hydrogens is 470 g/mol. The first kappa shape index (κ1) is 22.4. The second-order valence-electron chi connectivity index (χ2n) is 7.26. The average molecular weight is 492 g/mol. The fraction of sp³-hybridized carbons (Fsp3) is 0.350. The van der Waals surface area contributed by atoms with E-state index >= 15 is 0 Å². The van der Waals surface area contributed by atoms with Crippen LogP contribution in [0.3, 0.4) is 0 Å². The van der Waals surface area contributed by atoms with Crippen molar-refractivity contribution in [3.8, 4) is 0 Å². The highest BCUT2D eigenvalue weighted by Crippen LogP contribution is 2.24. The molecule has 0 unspecified atom stereocenters. The molecule has 1 saturated heterocycles. The van der Waals surface area contributed by atoms with Gasteiger partial charge in [0.25, 0.3) is 5.91 Å². The van der Waals surface area contributed by atoms with Gasteiger partial charge in [-0.25, -0.2) is 14.8 Å². The summed E-state index contributed by atoms with van der Waals surface area (Å²) in [6, 6.07) is 6.83. The molecule has 4 rings (SSSR count). The summed E-state index contributed by atoms with van der Waals surface area (Å²) in [5.41, 5.74) is 0.568.